The van der Waals surface area contributed by atoms with Crippen molar-refractivity contribution in [1.29, 1.82) is 0 Å². The third kappa shape index (κ3) is 4.43. The third-order valence-corrected chi connectivity index (χ3v) is 6.75. The summed E-state index contributed by atoms with van der Waals surface area (Å²) in [7, 11) is -3.41. The van der Waals surface area contributed by atoms with Crippen molar-refractivity contribution >= 4 is 33.8 Å². The zero-order valence-corrected chi connectivity index (χ0v) is 14.5. The Balaban J connectivity index is 0.00000200. The Morgan fingerprint density at radius 1 is 1.40 bits per heavy atom. The summed E-state index contributed by atoms with van der Waals surface area (Å²) in [6, 6.07) is 3.51. The van der Waals surface area contributed by atoms with Gasteiger partial charge < -0.3 is 5.73 Å². The summed E-state index contributed by atoms with van der Waals surface area (Å²) in [5.74, 6) is 0.496. The van der Waals surface area contributed by atoms with Crippen molar-refractivity contribution in [3.05, 3.63) is 17.0 Å². The molecule has 0 bridgehead atoms. The maximum atomic E-state index is 12.2. The standard InChI is InChI=1S/C13H22N2O2S2.ClH/c1-13(2,3)11-6-7-12(18-11)19(16,17)15-8-10(14)9-4-5-9;/h6-7,9-10,15H,4-5,8,14H2,1-3H3;1H. The van der Waals surface area contributed by atoms with Crippen LogP contribution in [0.15, 0.2) is 16.3 Å². The molecule has 0 amide bonds. The van der Waals surface area contributed by atoms with E-state index < -0.39 is 10.0 Å². The average molecular weight is 339 g/mol. The van der Waals surface area contributed by atoms with Crippen molar-refractivity contribution in [1.82, 2.24) is 4.72 Å². The van der Waals surface area contributed by atoms with Crippen LogP contribution in [0.2, 0.25) is 0 Å². The van der Waals surface area contributed by atoms with Gasteiger partial charge in [0.2, 0.25) is 10.0 Å². The number of sulfonamides is 1. The highest BCUT2D eigenvalue weighted by atomic mass is 35.5. The summed E-state index contributed by atoms with van der Waals surface area (Å²) in [6.07, 6.45) is 2.24. The normalized spacial score (nSPS) is 17.6. The highest BCUT2D eigenvalue weighted by Crippen LogP contribution is 2.33. The third-order valence-electron chi connectivity index (χ3n) is 3.32. The van der Waals surface area contributed by atoms with E-state index in [-0.39, 0.29) is 23.9 Å². The Hall–Kier alpha value is -0.140. The van der Waals surface area contributed by atoms with Crippen molar-refractivity contribution < 1.29 is 8.42 Å². The molecular formula is C13H23ClN2O2S2. The van der Waals surface area contributed by atoms with Crippen LogP contribution in [-0.4, -0.2) is 21.0 Å². The largest absolute Gasteiger partial charge is 0.326 e. The van der Waals surface area contributed by atoms with Gasteiger partial charge in [0.05, 0.1) is 0 Å². The van der Waals surface area contributed by atoms with Gasteiger partial charge >= 0.3 is 0 Å². The molecular weight excluding hydrogens is 316 g/mol. The van der Waals surface area contributed by atoms with E-state index in [1.807, 2.05) is 6.07 Å². The van der Waals surface area contributed by atoms with Crippen LogP contribution in [0.25, 0.3) is 0 Å². The van der Waals surface area contributed by atoms with E-state index in [0.29, 0.717) is 16.7 Å². The van der Waals surface area contributed by atoms with Gasteiger partial charge in [0.25, 0.3) is 0 Å². The number of nitrogens with two attached hydrogens (primary N) is 1. The van der Waals surface area contributed by atoms with Crippen molar-refractivity contribution in [2.24, 2.45) is 11.7 Å². The molecule has 0 radical (unpaired) electrons. The molecule has 20 heavy (non-hydrogen) atoms. The molecule has 1 fully saturated rings. The number of hydrogen-bond donors (Lipinski definition) is 2. The molecule has 4 nitrogen and oxygen atoms in total. The van der Waals surface area contributed by atoms with E-state index in [0.717, 1.165) is 17.7 Å². The lowest BCUT2D eigenvalue weighted by atomic mass is 9.95. The SMILES string of the molecule is CC(C)(C)c1ccc(S(=O)(=O)NCC(N)C2CC2)s1.Cl. The fourth-order valence-electron chi connectivity index (χ4n) is 1.84. The molecule has 1 aliphatic rings. The van der Waals surface area contributed by atoms with Crippen molar-refractivity contribution in [2.75, 3.05) is 6.54 Å². The van der Waals surface area contributed by atoms with Crippen LogP contribution < -0.4 is 10.5 Å². The first-order valence-corrected chi connectivity index (χ1v) is 8.86. The minimum atomic E-state index is -3.41. The van der Waals surface area contributed by atoms with Gasteiger partial charge in [-0.3, -0.25) is 0 Å². The second kappa shape index (κ2) is 6.32. The van der Waals surface area contributed by atoms with Crippen LogP contribution >= 0.6 is 23.7 Å². The van der Waals surface area contributed by atoms with Gasteiger partial charge in [-0.25, -0.2) is 13.1 Å². The van der Waals surface area contributed by atoms with Crippen LogP contribution in [0.5, 0.6) is 0 Å². The summed E-state index contributed by atoms with van der Waals surface area (Å²) in [5, 5.41) is 0. The number of halogens is 1. The van der Waals surface area contributed by atoms with E-state index >= 15 is 0 Å². The first-order valence-electron chi connectivity index (χ1n) is 6.56. The summed E-state index contributed by atoms with van der Waals surface area (Å²) in [5.41, 5.74) is 5.89. The van der Waals surface area contributed by atoms with Crippen molar-refractivity contribution in [3.63, 3.8) is 0 Å². The molecule has 1 heterocycles. The Morgan fingerprint density at radius 3 is 2.45 bits per heavy atom. The number of nitrogens with one attached hydrogen (secondary N) is 1. The van der Waals surface area contributed by atoms with Crippen LogP contribution in [0.3, 0.4) is 0 Å². The first-order chi connectivity index (χ1) is 8.70. The lowest BCUT2D eigenvalue weighted by Gasteiger charge is -2.15. The van der Waals surface area contributed by atoms with Crippen molar-refractivity contribution in [3.8, 4) is 0 Å². The molecule has 2 rings (SSSR count). The predicted molar refractivity (Wildman–Crippen MR) is 86.2 cm³/mol. The summed E-state index contributed by atoms with van der Waals surface area (Å²) in [6.45, 7) is 6.55. The second-order valence-electron chi connectivity index (χ2n) is 6.22. The number of rotatable bonds is 5. The van der Waals surface area contributed by atoms with Crippen LogP contribution in [0.1, 0.15) is 38.5 Å². The summed E-state index contributed by atoms with van der Waals surface area (Å²) in [4.78, 5) is 1.07. The number of thiophene rings is 1. The van der Waals surface area contributed by atoms with Gasteiger partial charge in [-0.05, 0) is 36.3 Å². The molecule has 7 heteroatoms. The van der Waals surface area contributed by atoms with Crippen LogP contribution in [0, 0.1) is 5.92 Å². The predicted octanol–water partition coefficient (Wildman–Crippen LogP) is 2.48. The first kappa shape index (κ1) is 17.9. The van der Waals surface area contributed by atoms with E-state index in [1.54, 1.807) is 6.07 Å². The highest BCUT2D eigenvalue weighted by molar-refractivity contribution is 7.91. The quantitative estimate of drug-likeness (QED) is 0.866. The van der Waals surface area contributed by atoms with Gasteiger partial charge in [0.1, 0.15) is 4.21 Å². The Bertz CT molecular complexity index is 545. The zero-order chi connectivity index (χ0) is 14.3. The lowest BCUT2D eigenvalue weighted by Crippen LogP contribution is -2.38. The summed E-state index contributed by atoms with van der Waals surface area (Å²) < 4.78 is 27.3. The molecule has 1 saturated carbocycles. The monoisotopic (exact) mass is 338 g/mol. The highest BCUT2D eigenvalue weighted by Gasteiger charge is 2.30. The topological polar surface area (TPSA) is 72.2 Å². The Labute approximate surface area is 131 Å². The minimum absolute atomic E-state index is 0. The molecule has 0 spiro atoms. The van der Waals surface area contributed by atoms with Crippen molar-refractivity contribution in [2.45, 2.75) is 49.3 Å². The molecule has 0 aromatic carbocycles. The second-order valence-corrected chi connectivity index (χ2v) is 9.30. The molecule has 1 unspecified atom stereocenters. The molecule has 1 aromatic rings. The maximum Gasteiger partial charge on any atom is 0.250 e. The molecule has 1 aliphatic carbocycles. The average Bonchev–Trinajstić information content (AvgIpc) is 3.00. The fourth-order valence-corrected chi connectivity index (χ4v) is 4.32. The van der Waals surface area contributed by atoms with Gasteiger partial charge in [0.15, 0.2) is 0 Å². The maximum absolute atomic E-state index is 12.2. The van der Waals surface area contributed by atoms with E-state index in [4.69, 9.17) is 5.73 Å². The molecule has 3 N–H and O–H groups in total. The fraction of sp³-hybridized carbons (Fsp3) is 0.692. The molecule has 116 valence electrons. The zero-order valence-electron chi connectivity index (χ0n) is 12.0. The van der Waals surface area contributed by atoms with Crippen LogP contribution in [-0.2, 0) is 15.4 Å². The van der Waals surface area contributed by atoms with Gasteiger partial charge in [-0.1, -0.05) is 20.8 Å². The Kier molecular flexibility index (Phi) is 5.66. The Morgan fingerprint density at radius 2 is 2.00 bits per heavy atom. The molecule has 1 atom stereocenters. The van der Waals surface area contributed by atoms with Crippen LogP contribution in [0.4, 0.5) is 0 Å². The van der Waals surface area contributed by atoms with E-state index in [9.17, 15) is 8.42 Å². The van der Waals surface area contributed by atoms with Gasteiger partial charge in [-0.2, -0.15) is 0 Å². The minimum Gasteiger partial charge on any atom is -0.326 e. The smallest absolute Gasteiger partial charge is 0.250 e. The molecule has 1 aromatic heterocycles. The lowest BCUT2D eigenvalue weighted by molar-refractivity contribution is 0.549. The van der Waals surface area contributed by atoms with Gasteiger partial charge in [0, 0.05) is 17.5 Å². The van der Waals surface area contributed by atoms with Gasteiger partial charge in [-0.15, -0.1) is 23.7 Å². The molecule has 0 saturated heterocycles. The summed E-state index contributed by atoms with van der Waals surface area (Å²) >= 11 is 1.33. The van der Waals surface area contributed by atoms with E-state index in [1.165, 1.54) is 11.3 Å². The number of hydrogen-bond acceptors (Lipinski definition) is 4. The molecule has 0 aliphatic heterocycles. The van der Waals surface area contributed by atoms with E-state index in [2.05, 4.69) is 25.5 Å².